The van der Waals surface area contributed by atoms with Crippen LogP contribution in [0.25, 0.3) is 0 Å². The van der Waals surface area contributed by atoms with E-state index in [2.05, 4.69) is 32.7 Å². The summed E-state index contributed by atoms with van der Waals surface area (Å²) in [6.07, 6.45) is 5.48. The van der Waals surface area contributed by atoms with Crippen LogP contribution in [0, 0.1) is 0 Å². The zero-order chi connectivity index (χ0) is 12.3. The first-order valence-corrected chi connectivity index (χ1v) is 6.88. The third-order valence-corrected chi connectivity index (χ3v) is 2.48. The molecule has 0 aromatic carbocycles. The summed E-state index contributed by atoms with van der Waals surface area (Å²) in [6.45, 7) is 7.97. The molecule has 2 N–H and O–H groups in total. The van der Waals surface area contributed by atoms with Crippen molar-refractivity contribution < 1.29 is 14.4 Å². The molecule has 1 atom stereocenters. The largest absolute Gasteiger partial charge is 0.326 e. The lowest BCUT2D eigenvalue weighted by Crippen LogP contribution is -2.28. The van der Waals surface area contributed by atoms with E-state index in [1.54, 1.807) is 0 Å². The van der Waals surface area contributed by atoms with Gasteiger partial charge in [0.2, 0.25) is 0 Å². The van der Waals surface area contributed by atoms with E-state index in [-0.39, 0.29) is 0 Å². The van der Waals surface area contributed by atoms with Crippen LogP contribution in [-0.4, -0.2) is 34.3 Å². The van der Waals surface area contributed by atoms with Gasteiger partial charge in [-0.2, -0.15) is 0 Å². The third-order valence-electron chi connectivity index (χ3n) is 2.48. The molecule has 0 aliphatic rings. The molecule has 0 bridgehead atoms. The number of unbranched alkanes of at least 4 members (excludes halogenated alkanes) is 2. The second kappa shape index (κ2) is 12.2. The Bertz CT molecular complexity index is 152. The van der Waals surface area contributed by atoms with Gasteiger partial charge in [-0.15, -0.1) is 0 Å². The van der Waals surface area contributed by atoms with Crippen LogP contribution in [0.1, 0.15) is 46.5 Å². The van der Waals surface area contributed by atoms with Crippen molar-refractivity contribution in [1.29, 1.82) is 0 Å². The van der Waals surface area contributed by atoms with Crippen molar-refractivity contribution >= 4 is 8.25 Å². The molecule has 0 aromatic heterocycles. The van der Waals surface area contributed by atoms with Crippen molar-refractivity contribution in [3.63, 3.8) is 0 Å². The van der Waals surface area contributed by atoms with Crippen LogP contribution in [0.5, 0.6) is 0 Å². The normalized spacial score (nSPS) is 12.5. The Balaban J connectivity index is 0. The zero-order valence-electron chi connectivity index (χ0n) is 10.4. The van der Waals surface area contributed by atoms with Crippen LogP contribution in [0.4, 0.5) is 0 Å². The molecule has 0 rings (SSSR count). The Morgan fingerprint density at radius 1 is 1.27 bits per heavy atom. The summed E-state index contributed by atoms with van der Waals surface area (Å²) in [4.78, 5) is 16.7. The average Bonchev–Trinajstić information content (AvgIpc) is 2.16. The predicted molar refractivity (Wildman–Crippen MR) is 65.3 cm³/mol. The van der Waals surface area contributed by atoms with E-state index in [4.69, 9.17) is 14.4 Å². The summed E-state index contributed by atoms with van der Waals surface area (Å²) in [5, 5.41) is 0. The first kappa shape index (κ1) is 17.5. The standard InChI is InChI=1S/C10H23N.H3O3P/c1-5-7-8-9-10(3)11(4)6-2;1-4(2)3/h10H,5-9H2,1-4H3;4H,(H2,1,2,3). The third kappa shape index (κ3) is 16.8. The Morgan fingerprint density at radius 3 is 2.07 bits per heavy atom. The minimum Gasteiger partial charge on any atom is -0.326 e. The van der Waals surface area contributed by atoms with Crippen molar-refractivity contribution in [1.82, 2.24) is 4.90 Å². The highest BCUT2D eigenvalue weighted by Gasteiger charge is 2.04. The molecule has 0 radical (unpaired) electrons. The van der Waals surface area contributed by atoms with E-state index < -0.39 is 8.25 Å². The molecular formula is C10H26NO3P. The molecule has 94 valence electrons. The summed E-state index contributed by atoms with van der Waals surface area (Å²) >= 11 is 0. The van der Waals surface area contributed by atoms with E-state index in [1.807, 2.05) is 0 Å². The van der Waals surface area contributed by atoms with Crippen molar-refractivity contribution in [3.05, 3.63) is 0 Å². The average molecular weight is 239 g/mol. The monoisotopic (exact) mass is 239 g/mol. The van der Waals surface area contributed by atoms with Crippen molar-refractivity contribution in [2.75, 3.05) is 13.6 Å². The van der Waals surface area contributed by atoms with Gasteiger partial charge >= 0.3 is 8.25 Å². The number of hydrogen-bond acceptors (Lipinski definition) is 2. The molecule has 0 heterocycles. The molecule has 0 aliphatic carbocycles. The molecule has 15 heavy (non-hydrogen) atoms. The molecule has 0 saturated carbocycles. The van der Waals surface area contributed by atoms with Crippen LogP contribution in [0.2, 0.25) is 0 Å². The highest BCUT2D eigenvalue weighted by Crippen LogP contribution is 2.07. The van der Waals surface area contributed by atoms with Gasteiger partial charge < -0.3 is 14.7 Å². The minimum absolute atomic E-state index is 0.770. The second-order valence-corrected chi connectivity index (χ2v) is 4.27. The molecule has 5 heteroatoms. The molecule has 0 aromatic rings. The number of rotatable bonds is 6. The molecule has 4 nitrogen and oxygen atoms in total. The molecule has 0 aliphatic heterocycles. The SMILES string of the molecule is CCCCCC(C)N(C)CC.O=[PH](O)O. The van der Waals surface area contributed by atoms with Crippen LogP contribution in [-0.2, 0) is 4.57 Å². The highest BCUT2D eigenvalue weighted by molar-refractivity contribution is 7.30. The fraction of sp³-hybridized carbons (Fsp3) is 1.00. The molecule has 0 saturated heterocycles. The first-order chi connectivity index (χ1) is 6.95. The number of hydrogen-bond donors (Lipinski definition) is 2. The quantitative estimate of drug-likeness (QED) is 0.551. The van der Waals surface area contributed by atoms with Gasteiger partial charge in [0.15, 0.2) is 0 Å². The van der Waals surface area contributed by atoms with E-state index >= 15 is 0 Å². The van der Waals surface area contributed by atoms with Gasteiger partial charge in [0, 0.05) is 6.04 Å². The lowest BCUT2D eigenvalue weighted by atomic mass is 10.1. The summed E-state index contributed by atoms with van der Waals surface area (Å²) < 4.78 is 8.74. The van der Waals surface area contributed by atoms with E-state index in [0.29, 0.717) is 0 Å². The maximum absolute atomic E-state index is 8.74. The Hall–Kier alpha value is 0.110. The van der Waals surface area contributed by atoms with Crippen molar-refractivity contribution in [2.24, 2.45) is 0 Å². The molecule has 0 spiro atoms. The van der Waals surface area contributed by atoms with Gasteiger partial charge in [-0.05, 0) is 26.9 Å². The Morgan fingerprint density at radius 2 is 1.73 bits per heavy atom. The van der Waals surface area contributed by atoms with Gasteiger partial charge in [-0.3, -0.25) is 4.57 Å². The van der Waals surface area contributed by atoms with Gasteiger partial charge in [-0.1, -0.05) is 33.1 Å². The van der Waals surface area contributed by atoms with Gasteiger partial charge in [0.1, 0.15) is 0 Å². The molecule has 0 amide bonds. The summed E-state index contributed by atoms with van der Waals surface area (Å²) in [7, 11) is -0.925. The fourth-order valence-electron chi connectivity index (χ4n) is 1.22. The Kier molecular flexibility index (Phi) is 14.2. The van der Waals surface area contributed by atoms with E-state index in [9.17, 15) is 0 Å². The summed E-state index contributed by atoms with van der Waals surface area (Å²) in [5.41, 5.74) is 0. The van der Waals surface area contributed by atoms with Gasteiger partial charge in [-0.25, -0.2) is 0 Å². The maximum Gasteiger partial charge on any atom is 0.314 e. The van der Waals surface area contributed by atoms with Crippen molar-refractivity contribution in [3.8, 4) is 0 Å². The van der Waals surface area contributed by atoms with Crippen molar-refractivity contribution in [2.45, 2.75) is 52.5 Å². The fourth-order valence-corrected chi connectivity index (χ4v) is 1.22. The smallest absolute Gasteiger partial charge is 0.314 e. The van der Waals surface area contributed by atoms with Gasteiger partial charge in [0.25, 0.3) is 0 Å². The minimum atomic E-state index is -3.13. The van der Waals surface area contributed by atoms with Crippen LogP contribution in [0.15, 0.2) is 0 Å². The van der Waals surface area contributed by atoms with E-state index in [0.717, 1.165) is 6.04 Å². The topological polar surface area (TPSA) is 60.8 Å². The zero-order valence-corrected chi connectivity index (χ0v) is 11.4. The lowest BCUT2D eigenvalue weighted by Gasteiger charge is -2.22. The Labute approximate surface area is 94.3 Å². The van der Waals surface area contributed by atoms with Crippen LogP contribution in [0.3, 0.4) is 0 Å². The maximum atomic E-state index is 8.74. The van der Waals surface area contributed by atoms with Crippen LogP contribution < -0.4 is 0 Å². The number of nitrogens with zero attached hydrogens (tertiary/aromatic N) is 1. The molecule has 1 unspecified atom stereocenters. The second-order valence-electron chi connectivity index (χ2n) is 3.70. The predicted octanol–water partition coefficient (Wildman–Crippen LogP) is 2.27. The summed E-state index contributed by atoms with van der Waals surface area (Å²) in [5.74, 6) is 0. The first-order valence-electron chi connectivity index (χ1n) is 5.57. The van der Waals surface area contributed by atoms with Gasteiger partial charge in [0.05, 0.1) is 0 Å². The summed E-state index contributed by atoms with van der Waals surface area (Å²) in [6, 6.07) is 0.770. The van der Waals surface area contributed by atoms with Crippen LogP contribution >= 0.6 is 8.25 Å². The highest BCUT2D eigenvalue weighted by atomic mass is 31.1. The molecular weight excluding hydrogens is 213 g/mol. The molecule has 0 fully saturated rings. The lowest BCUT2D eigenvalue weighted by molar-refractivity contribution is 0.253. The van der Waals surface area contributed by atoms with E-state index in [1.165, 1.54) is 32.2 Å².